The van der Waals surface area contributed by atoms with Crippen LogP contribution in [0.1, 0.15) is 20.8 Å². The molecule has 1 amide bonds. The monoisotopic (exact) mass is 339 g/mol. The smallest absolute Gasteiger partial charge is 0.266 e. The minimum atomic E-state index is -0.357. The third-order valence-corrected chi connectivity index (χ3v) is 4.74. The number of hydrogen-bond donors (Lipinski definition) is 1. The molecule has 120 valence electrons. The van der Waals surface area contributed by atoms with Crippen LogP contribution >= 0.6 is 11.3 Å². The molecule has 3 rings (SSSR count). The summed E-state index contributed by atoms with van der Waals surface area (Å²) in [4.78, 5) is 13.1. The molecule has 0 aliphatic heterocycles. The Morgan fingerprint density at radius 2 is 2.12 bits per heavy atom. The van der Waals surface area contributed by atoms with Gasteiger partial charge in [-0.05, 0) is 30.3 Å². The predicted molar refractivity (Wildman–Crippen MR) is 94.8 cm³/mol. The van der Waals surface area contributed by atoms with E-state index >= 15 is 0 Å². The van der Waals surface area contributed by atoms with Crippen molar-refractivity contribution in [2.45, 2.75) is 6.61 Å². The highest BCUT2D eigenvalue weighted by atomic mass is 32.1. The van der Waals surface area contributed by atoms with Gasteiger partial charge in [-0.25, -0.2) is 4.39 Å². The second-order valence-electron chi connectivity index (χ2n) is 5.13. The van der Waals surface area contributed by atoms with Crippen LogP contribution in [0.15, 0.2) is 42.5 Å². The summed E-state index contributed by atoms with van der Waals surface area (Å²) < 4.78 is 20.0. The first-order valence-electron chi connectivity index (χ1n) is 7.21. The van der Waals surface area contributed by atoms with Crippen molar-refractivity contribution in [3.63, 3.8) is 0 Å². The van der Waals surface area contributed by atoms with Crippen LogP contribution in [0.5, 0.6) is 0 Å². The summed E-state index contributed by atoms with van der Waals surface area (Å²) in [5, 5.41) is 3.25. The number of anilines is 1. The fourth-order valence-electron chi connectivity index (χ4n) is 2.51. The van der Waals surface area contributed by atoms with Crippen molar-refractivity contribution in [2.75, 3.05) is 12.4 Å². The van der Waals surface area contributed by atoms with Gasteiger partial charge in [0, 0.05) is 34.0 Å². The maximum absolute atomic E-state index is 14.2. The van der Waals surface area contributed by atoms with Gasteiger partial charge >= 0.3 is 0 Å². The number of benzene rings is 2. The molecule has 0 aliphatic carbocycles. The molecule has 0 aliphatic rings. The SMILES string of the molecule is C#Cc1cccc(NC(=O)c2sc3cccc(F)c3c2COC)c1. The Labute approximate surface area is 143 Å². The molecule has 3 nitrogen and oxygen atoms in total. The molecule has 5 heteroatoms. The Morgan fingerprint density at radius 3 is 2.88 bits per heavy atom. The largest absolute Gasteiger partial charge is 0.380 e. The minimum absolute atomic E-state index is 0.161. The summed E-state index contributed by atoms with van der Waals surface area (Å²) in [5.74, 6) is 1.86. The summed E-state index contributed by atoms with van der Waals surface area (Å²) in [6, 6.07) is 11.8. The van der Waals surface area contributed by atoms with Gasteiger partial charge in [0.15, 0.2) is 0 Å². The topological polar surface area (TPSA) is 38.3 Å². The van der Waals surface area contributed by atoms with Crippen molar-refractivity contribution < 1.29 is 13.9 Å². The van der Waals surface area contributed by atoms with E-state index in [0.29, 0.717) is 31.8 Å². The van der Waals surface area contributed by atoms with Gasteiger partial charge in [0.1, 0.15) is 5.82 Å². The minimum Gasteiger partial charge on any atom is -0.380 e. The number of ether oxygens (including phenoxy) is 1. The third-order valence-electron chi connectivity index (χ3n) is 3.55. The Hall–Kier alpha value is -2.68. The summed E-state index contributed by atoms with van der Waals surface area (Å²) in [6.45, 7) is 0.161. The molecule has 0 atom stereocenters. The zero-order valence-corrected chi connectivity index (χ0v) is 13.7. The predicted octanol–water partition coefficient (Wildman–Crippen LogP) is 4.42. The Morgan fingerprint density at radius 1 is 1.33 bits per heavy atom. The van der Waals surface area contributed by atoms with E-state index in [1.807, 2.05) is 0 Å². The lowest BCUT2D eigenvalue weighted by atomic mass is 10.1. The number of amides is 1. The summed E-state index contributed by atoms with van der Waals surface area (Å²) in [6.07, 6.45) is 5.37. The van der Waals surface area contributed by atoms with Crippen molar-refractivity contribution in [3.05, 3.63) is 64.3 Å². The fourth-order valence-corrected chi connectivity index (χ4v) is 3.62. The normalized spacial score (nSPS) is 10.5. The first-order chi connectivity index (χ1) is 11.6. The number of halogens is 1. The molecule has 1 heterocycles. The Kier molecular flexibility index (Phi) is 4.61. The van der Waals surface area contributed by atoms with Crippen LogP contribution in [-0.4, -0.2) is 13.0 Å². The molecule has 0 fully saturated rings. The van der Waals surface area contributed by atoms with Crippen LogP contribution in [-0.2, 0) is 11.3 Å². The number of carbonyl (C=O) groups excluding carboxylic acids is 1. The number of hydrogen-bond acceptors (Lipinski definition) is 3. The molecule has 0 unspecified atom stereocenters. The standard InChI is InChI=1S/C19H14FNO2S/c1-3-12-6-4-7-13(10-12)21-19(22)18-14(11-23-2)17-15(20)8-5-9-16(17)24-18/h1,4-10H,11H2,2H3,(H,21,22). The molecule has 2 aromatic carbocycles. The van der Waals surface area contributed by atoms with E-state index in [0.717, 1.165) is 0 Å². The average molecular weight is 339 g/mol. The lowest BCUT2D eigenvalue weighted by molar-refractivity contribution is 0.102. The van der Waals surface area contributed by atoms with Crippen molar-refractivity contribution in [1.82, 2.24) is 0 Å². The quantitative estimate of drug-likeness (QED) is 0.715. The Bertz CT molecular complexity index is 956. The van der Waals surface area contributed by atoms with E-state index in [9.17, 15) is 9.18 Å². The lowest BCUT2D eigenvalue weighted by Crippen LogP contribution is -2.12. The molecule has 0 bridgehead atoms. The number of nitrogens with one attached hydrogen (secondary N) is 1. The van der Waals surface area contributed by atoms with Gasteiger partial charge in [-0.3, -0.25) is 4.79 Å². The van der Waals surface area contributed by atoms with Crippen LogP contribution < -0.4 is 5.32 Å². The highest BCUT2D eigenvalue weighted by Gasteiger charge is 2.20. The van der Waals surface area contributed by atoms with Gasteiger partial charge < -0.3 is 10.1 Å². The first kappa shape index (κ1) is 16.2. The van der Waals surface area contributed by atoms with Crippen molar-refractivity contribution in [3.8, 4) is 12.3 Å². The molecule has 0 spiro atoms. The van der Waals surface area contributed by atoms with Crippen LogP contribution in [0.4, 0.5) is 10.1 Å². The second-order valence-corrected chi connectivity index (χ2v) is 6.19. The molecule has 24 heavy (non-hydrogen) atoms. The van der Waals surface area contributed by atoms with Crippen LogP contribution in [0.25, 0.3) is 10.1 Å². The number of fused-ring (bicyclic) bond motifs is 1. The fraction of sp³-hybridized carbons (Fsp3) is 0.105. The highest BCUT2D eigenvalue weighted by Crippen LogP contribution is 2.34. The van der Waals surface area contributed by atoms with Gasteiger partial charge in [-0.1, -0.05) is 18.1 Å². The number of thiophene rings is 1. The van der Waals surface area contributed by atoms with Crippen molar-refractivity contribution >= 4 is 33.0 Å². The molecular formula is C19H14FNO2S. The van der Waals surface area contributed by atoms with E-state index in [1.165, 1.54) is 24.5 Å². The molecule has 3 aromatic rings. The van der Waals surface area contributed by atoms with Crippen LogP contribution in [0.3, 0.4) is 0 Å². The molecule has 0 radical (unpaired) electrons. The first-order valence-corrected chi connectivity index (χ1v) is 8.02. The average Bonchev–Trinajstić information content (AvgIpc) is 2.95. The molecule has 0 saturated heterocycles. The second kappa shape index (κ2) is 6.83. The van der Waals surface area contributed by atoms with E-state index in [2.05, 4.69) is 11.2 Å². The van der Waals surface area contributed by atoms with Crippen LogP contribution in [0, 0.1) is 18.2 Å². The maximum atomic E-state index is 14.2. The molecule has 0 saturated carbocycles. The van der Waals surface area contributed by atoms with Crippen LogP contribution in [0.2, 0.25) is 0 Å². The Balaban J connectivity index is 2.01. The van der Waals surface area contributed by atoms with Crippen molar-refractivity contribution in [2.24, 2.45) is 0 Å². The third kappa shape index (κ3) is 3.02. The number of terminal acetylenes is 1. The maximum Gasteiger partial charge on any atom is 0.266 e. The number of rotatable bonds is 4. The van der Waals surface area contributed by atoms with E-state index in [4.69, 9.17) is 11.2 Å². The molecule has 1 aromatic heterocycles. The molecule has 1 N–H and O–H groups in total. The van der Waals surface area contributed by atoms with E-state index in [1.54, 1.807) is 36.4 Å². The van der Waals surface area contributed by atoms with Crippen molar-refractivity contribution in [1.29, 1.82) is 0 Å². The van der Waals surface area contributed by atoms with E-state index < -0.39 is 0 Å². The summed E-state index contributed by atoms with van der Waals surface area (Å²) in [7, 11) is 1.52. The zero-order chi connectivity index (χ0) is 17.1. The van der Waals surface area contributed by atoms with E-state index in [-0.39, 0.29) is 18.3 Å². The zero-order valence-electron chi connectivity index (χ0n) is 12.9. The summed E-state index contributed by atoms with van der Waals surface area (Å²) >= 11 is 1.24. The van der Waals surface area contributed by atoms with Gasteiger partial charge in [0.05, 0.1) is 11.5 Å². The van der Waals surface area contributed by atoms with Gasteiger partial charge in [0.25, 0.3) is 5.91 Å². The number of carbonyl (C=O) groups is 1. The highest BCUT2D eigenvalue weighted by molar-refractivity contribution is 7.21. The van der Waals surface area contributed by atoms with Gasteiger partial charge in [-0.2, -0.15) is 0 Å². The number of methoxy groups -OCH3 is 1. The lowest BCUT2D eigenvalue weighted by Gasteiger charge is -2.07. The molecular weight excluding hydrogens is 325 g/mol. The van der Waals surface area contributed by atoms with Gasteiger partial charge in [-0.15, -0.1) is 17.8 Å². The van der Waals surface area contributed by atoms with Gasteiger partial charge in [0.2, 0.25) is 0 Å². The summed E-state index contributed by atoms with van der Waals surface area (Å²) in [5.41, 5.74) is 1.82.